The lowest BCUT2D eigenvalue weighted by molar-refractivity contribution is 0.0980. The van der Waals surface area contributed by atoms with E-state index in [1.807, 2.05) is 0 Å². The average Bonchev–Trinajstić information content (AvgIpc) is 3.78. The highest BCUT2D eigenvalue weighted by molar-refractivity contribution is 9.10. The highest BCUT2D eigenvalue weighted by Gasteiger charge is 2.27. The first kappa shape index (κ1) is 43.5. The molecule has 17 heteroatoms. The maximum atomic E-state index is 14.6. The molecule has 4 aromatic carbocycles. The minimum atomic E-state index is -1.22. The number of aromatic nitrogens is 2. The van der Waals surface area contributed by atoms with Gasteiger partial charge in [0.1, 0.15) is 39.9 Å². The normalized spacial score (nSPS) is 11.9. The lowest BCUT2D eigenvalue weighted by atomic mass is 10.1. The molecule has 2 atom stereocenters. The Morgan fingerprint density at radius 2 is 1.14 bits per heavy atom. The SMILES string of the molecule is C=CCc1oc(C(CC)Oc2ccc(F)c(C(N)=O)c2F)nc1-c1ccc(Cl)cc1.CCC(Oc1ccc(F)c(C(N)=O)c1F)c1nc(-c2ccc(Cl)cc2)c(Br)o1. The van der Waals surface area contributed by atoms with Crippen LogP contribution < -0.4 is 20.9 Å². The first-order valence-electron chi connectivity index (χ1n) is 17.3. The zero-order valence-electron chi connectivity index (χ0n) is 30.6. The Balaban J connectivity index is 0.000000221. The number of amides is 2. The Kier molecular flexibility index (Phi) is 14.4. The van der Waals surface area contributed by atoms with Gasteiger partial charge in [0.25, 0.3) is 11.8 Å². The van der Waals surface area contributed by atoms with Crippen molar-refractivity contribution in [3.63, 3.8) is 0 Å². The summed E-state index contributed by atoms with van der Waals surface area (Å²) in [6.45, 7) is 7.29. The number of rotatable bonds is 14. The Hall–Kier alpha value is -5.64. The molecule has 302 valence electrons. The smallest absolute Gasteiger partial charge is 0.254 e. The molecule has 0 aliphatic carbocycles. The summed E-state index contributed by atoms with van der Waals surface area (Å²) < 4.78 is 79.5. The highest BCUT2D eigenvalue weighted by atomic mass is 79.9. The Labute approximate surface area is 347 Å². The van der Waals surface area contributed by atoms with Crippen molar-refractivity contribution >= 4 is 50.9 Å². The predicted molar refractivity (Wildman–Crippen MR) is 213 cm³/mol. The van der Waals surface area contributed by atoms with Crippen molar-refractivity contribution in [2.45, 2.75) is 45.3 Å². The van der Waals surface area contributed by atoms with Gasteiger partial charge in [0.05, 0.1) is 0 Å². The van der Waals surface area contributed by atoms with Crippen LogP contribution in [0.15, 0.2) is 99.0 Å². The van der Waals surface area contributed by atoms with E-state index in [1.54, 1.807) is 68.5 Å². The summed E-state index contributed by atoms with van der Waals surface area (Å²) in [5, 5.41) is 1.16. The summed E-state index contributed by atoms with van der Waals surface area (Å²) in [6.07, 6.45) is 1.27. The number of benzene rings is 4. The van der Waals surface area contributed by atoms with Crippen LogP contribution in [0.2, 0.25) is 10.0 Å². The topological polar surface area (TPSA) is 157 Å². The van der Waals surface area contributed by atoms with Crippen molar-refractivity contribution in [1.29, 1.82) is 0 Å². The van der Waals surface area contributed by atoms with Crippen LogP contribution in [-0.4, -0.2) is 21.8 Å². The number of allylic oxidation sites excluding steroid dienone is 1. The second-order valence-electron chi connectivity index (χ2n) is 12.2. The van der Waals surface area contributed by atoms with Gasteiger partial charge in [0.15, 0.2) is 40.0 Å². The number of nitrogens with zero attached hydrogens (tertiary/aromatic N) is 2. The van der Waals surface area contributed by atoms with Gasteiger partial charge in [-0.1, -0.05) is 67.4 Å². The minimum absolute atomic E-state index is 0.184. The van der Waals surface area contributed by atoms with Crippen molar-refractivity contribution in [1.82, 2.24) is 9.97 Å². The van der Waals surface area contributed by atoms with Gasteiger partial charge in [-0.05, 0) is 77.3 Å². The summed E-state index contributed by atoms with van der Waals surface area (Å²) in [5.41, 5.74) is 11.0. The van der Waals surface area contributed by atoms with E-state index in [0.717, 1.165) is 35.4 Å². The van der Waals surface area contributed by atoms with Crippen LogP contribution in [0.25, 0.3) is 22.5 Å². The fourth-order valence-electron chi connectivity index (χ4n) is 5.47. The summed E-state index contributed by atoms with van der Waals surface area (Å²) >= 11 is 15.2. The third-order valence-corrected chi connectivity index (χ3v) is 9.36. The van der Waals surface area contributed by atoms with E-state index in [1.165, 1.54) is 0 Å². The largest absolute Gasteiger partial charge is 0.478 e. The number of carbonyl (C=O) groups is 2. The molecule has 2 amide bonds. The molecule has 0 spiro atoms. The molecule has 58 heavy (non-hydrogen) atoms. The lowest BCUT2D eigenvalue weighted by Gasteiger charge is -2.16. The van der Waals surface area contributed by atoms with Crippen LogP contribution in [0, 0.1) is 23.3 Å². The third-order valence-electron chi connectivity index (χ3n) is 8.32. The minimum Gasteiger partial charge on any atom is -0.478 e. The van der Waals surface area contributed by atoms with Crippen molar-refractivity contribution in [3.8, 4) is 34.0 Å². The molecule has 0 bridgehead atoms. The van der Waals surface area contributed by atoms with E-state index in [4.69, 9.17) is 53.0 Å². The van der Waals surface area contributed by atoms with E-state index >= 15 is 0 Å². The van der Waals surface area contributed by atoms with Crippen molar-refractivity contribution < 1.29 is 45.5 Å². The molecule has 0 saturated heterocycles. The van der Waals surface area contributed by atoms with E-state index in [-0.39, 0.29) is 23.3 Å². The Morgan fingerprint density at radius 1 is 0.724 bits per heavy atom. The number of halogens is 7. The first-order valence-corrected chi connectivity index (χ1v) is 18.9. The Morgan fingerprint density at radius 3 is 1.55 bits per heavy atom. The number of nitrogens with two attached hydrogens (primary N) is 2. The van der Waals surface area contributed by atoms with E-state index < -0.39 is 58.4 Å². The van der Waals surface area contributed by atoms with E-state index in [0.29, 0.717) is 51.1 Å². The van der Waals surface area contributed by atoms with Crippen LogP contribution in [0.5, 0.6) is 11.5 Å². The van der Waals surface area contributed by atoms with Crippen LogP contribution in [-0.2, 0) is 6.42 Å². The summed E-state index contributed by atoms with van der Waals surface area (Å²) in [4.78, 5) is 31.6. The maximum Gasteiger partial charge on any atom is 0.254 e. The summed E-state index contributed by atoms with van der Waals surface area (Å²) in [5.74, 6) is -6.61. The molecule has 0 aliphatic rings. The van der Waals surface area contributed by atoms with Gasteiger partial charge in [-0.3, -0.25) is 9.59 Å². The van der Waals surface area contributed by atoms with Crippen LogP contribution >= 0.6 is 39.1 Å². The molecular formula is C41H33BrCl2F4N4O6. The second kappa shape index (κ2) is 19.2. The van der Waals surface area contributed by atoms with Crippen molar-refractivity contribution in [2.24, 2.45) is 11.5 Å². The van der Waals surface area contributed by atoms with Gasteiger partial charge in [0, 0.05) is 27.6 Å². The fourth-order valence-corrected chi connectivity index (χ4v) is 6.21. The number of carbonyl (C=O) groups excluding carboxylic acids is 2. The lowest BCUT2D eigenvalue weighted by Crippen LogP contribution is -2.17. The molecular weight excluding hydrogens is 871 g/mol. The summed E-state index contributed by atoms with van der Waals surface area (Å²) in [6, 6.07) is 18.0. The van der Waals surface area contributed by atoms with Crippen molar-refractivity contribution in [3.05, 3.63) is 152 Å². The fraction of sp³-hybridized carbons (Fsp3) is 0.171. The predicted octanol–water partition coefficient (Wildman–Crippen LogP) is 11.3. The number of hydrogen-bond acceptors (Lipinski definition) is 8. The zero-order chi connectivity index (χ0) is 42.3. The molecule has 10 nitrogen and oxygen atoms in total. The molecule has 2 unspecified atom stereocenters. The summed E-state index contributed by atoms with van der Waals surface area (Å²) in [7, 11) is 0. The van der Waals surface area contributed by atoms with Crippen LogP contribution in [0.4, 0.5) is 17.6 Å². The van der Waals surface area contributed by atoms with Gasteiger partial charge in [0.2, 0.25) is 11.8 Å². The highest BCUT2D eigenvalue weighted by Crippen LogP contribution is 2.36. The van der Waals surface area contributed by atoms with Gasteiger partial charge in [-0.15, -0.1) is 6.58 Å². The molecule has 4 N–H and O–H groups in total. The third kappa shape index (κ3) is 9.89. The number of oxazole rings is 2. The maximum absolute atomic E-state index is 14.6. The quantitative estimate of drug-likeness (QED) is 0.0808. The number of primary amides is 2. The number of hydrogen-bond donors (Lipinski definition) is 2. The Bertz CT molecular complexity index is 2440. The van der Waals surface area contributed by atoms with Crippen molar-refractivity contribution in [2.75, 3.05) is 0 Å². The first-order chi connectivity index (χ1) is 27.7. The molecule has 0 aliphatic heterocycles. The molecule has 0 radical (unpaired) electrons. The van der Waals surface area contributed by atoms with Crippen LogP contribution in [0.1, 0.15) is 77.2 Å². The second-order valence-corrected chi connectivity index (χ2v) is 13.8. The number of ether oxygens (including phenoxy) is 2. The van der Waals surface area contributed by atoms with E-state index in [2.05, 4.69) is 32.5 Å². The van der Waals surface area contributed by atoms with Gasteiger partial charge in [-0.25, -0.2) is 27.5 Å². The van der Waals surface area contributed by atoms with Gasteiger partial charge in [-0.2, -0.15) is 0 Å². The molecule has 2 aromatic heterocycles. The van der Waals surface area contributed by atoms with Gasteiger partial charge >= 0.3 is 0 Å². The average molecular weight is 905 g/mol. The standard InChI is InChI=1S/C22H19ClF2N2O3.C19H14BrClF2N2O3/c1-3-5-17-20(12-6-8-13(23)9-7-12)27-22(30-17)15(4-2)29-16-11-10-14(24)18(19(16)25)21(26)28;1-2-12(27-13-8-7-11(22)14(15(13)23)18(24)26)19-25-16(17(20)28-19)9-3-5-10(21)6-4-9/h3,6-11,15H,1,4-5H2,2H3,(H2,26,28);3-8,12H,2H2,1H3,(H2,24,26). The monoisotopic (exact) mass is 902 g/mol. The molecule has 2 heterocycles. The van der Waals surface area contributed by atoms with E-state index in [9.17, 15) is 27.2 Å². The molecule has 0 saturated carbocycles. The van der Waals surface area contributed by atoms with Crippen LogP contribution in [0.3, 0.4) is 0 Å². The zero-order valence-corrected chi connectivity index (χ0v) is 33.7. The molecule has 6 aromatic rings. The van der Waals surface area contributed by atoms with Gasteiger partial charge < -0.3 is 29.8 Å². The molecule has 6 rings (SSSR count). The molecule has 0 fully saturated rings.